The molecule has 2 aromatic carbocycles. The molecule has 11 heteroatoms. The first kappa shape index (κ1) is 30.9. The van der Waals surface area contributed by atoms with Crippen LogP contribution in [-0.4, -0.2) is 102 Å². The van der Waals surface area contributed by atoms with Crippen LogP contribution in [0.25, 0.3) is 22.3 Å². The summed E-state index contributed by atoms with van der Waals surface area (Å²) >= 11 is 0. The van der Waals surface area contributed by atoms with Crippen molar-refractivity contribution < 1.29 is 19.0 Å². The van der Waals surface area contributed by atoms with Crippen molar-refractivity contribution >= 4 is 28.6 Å². The number of carbonyl (C=O) groups is 1. The van der Waals surface area contributed by atoms with Gasteiger partial charge in [0.05, 0.1) is 29.8 Å². The lowest BCUT2D eigenvalue weighted by molar-refractivity contribution is 0.101. The Bertz CT molecular complexity index is 1640. The van der Waals surface area contributed by atoms with Crippen LogP contribution in [0.5, 0.6) is 5.75 Å². The SMILES string of the molecule is COc1ccccc1-c1nccc(C(=O)Nc2nc3ccc(N4CCN(CCN(C)C)CC4)cc3n2C2CCC(O)CC2)c1F. The molecule has 2 N–H and O–H groups in total. The van der Waals surface area contributed by atoms with Gasteiger partial charge in [-0.2, -0.15) is 0 Å². The summed E-state index contributed by atoms with van der Waals surface area (Å²) < 4.78 is 23.3. The lowest BCUT2D eigenvalue weighted by Crippen LogP contribution is -2.48. The highest BCUT2D eigenvalue weighted by molar-refractivity contribution is 6.05. The quantitative estimate of drug-likeness (QED) is 0.281. The first-order valence-electron chi connectivity index (χ1n) is 15.7. The molecule has 4 aromatic rings. The lowest BCUT2D eigenvalue weighted by Gasteiger charge is -2.36. The minimum absolute atomic E-state index is 0.0401. The number of likely N-dealkylation sites (N-methyl/N-ethyl adjacent to an activating group) is 1. The molecule has 45 heavy (non-hydrogen) atoms. The molecule has 1 amide bonds. The smallest absolute Gasteiger partial charge is 0.261 e. The fraction of sp³-hybridized carbons (Fsp3) is 0.441. The van der Waals surface area contributed by atoms with Gasteiger partial charge in [-0.05, 0) is 76.2 Å². The van der Waals surface area contributed by atoms with Crippen molar-refractivity contribution in [1.82, 2.24) is 24.3 Å². The van der Waals surface area contributed by atoms with Crippen LogP contribution in [0, 0.1) is 5.82 Å². The van der Waals surface area contributed by atoms with Crippen molar-refractivity contribution in [3.05, 3.63) is 66.1 Å². The molecular weight excluding hydrogens is 573 g/mol. The fourth-order valence-corrected chi connectivity index (χ4v) is 6.44. The van der Waals surface area contributed by atoms with E-state index in [1.807, 2.05) is 6.07 Å². The Balaban J connectivity index is 1.30. The third kappa shape index (κ3) is 6.66. The van der Waals surface area contributed by atoms with Crippen LogP contribution in [0.2, 0.25) is 0 Å². The number of pyridine rings is 1. The number of nitrogens with zero attached hydrogens (tertiary/aromatic N) is 6. The minimum atomic E-state index is -0.727. The van der Waals surface area contributed by atoms with Gasteiger partial charge in [-0.3, -0.25) is 20.0 Å². The molecular formula is C34H42FN7O3. The van der Waals surface area contributed by atoms with Gasteiger partial charge >= 0.3 is 0 Å². The van der Waals surface area contributed by atoms with Crippen LogP contribution >= 0.6 is 0 Å². The van der Waals surface area contributed by atoms with Crippen molar-refractivity contribution in [2.24, 2.45) is 0 Å². The zero-order chi connectivity index (χ0) is 31.5. The number of anilines is 2. The zero-order valence-electron chi connectivity index (χ0n) is 26.2. The third-order valence-electron chi connectivity index (χ3n) is 9.03. The number of amides is 1. The number of piperazine rings is 1. The molecule has 10 nitrogen and oxygen atoms in total. The molecule has 1 aliphatic carbocycles. The zero-order valence-corrected chi connectivity index (χ0v) is 26.2. The van der Waals surface area contributed by atoms with E-state index in [1.54, 1.807) is 24.3 Å². The molecule has 1 saturated carbocycles. The van der Waals surface area contributed by atoms with E-state index in [0.29, 0.717) is 30.1 Å². The summed E-state index contributed by atoms with van der Waals surface area (Å²) in [4.78, 5) is 29.8. The van der Waals surface area contributed by atoms with Crippen LogP contribution in [0.15, 0.2) is 54.7 Å². The molecule has 2 aromatic heterocycles. The average Bonchev–Trinajstić information content (AvgIpc) is 3.41. The summed E-state index contributed by atoms with van der Waals surface area (Å²) in [7, 11) is 5.72. The Kier molecular flexibility index (Phi) is 9.29. The van der Waals surface area contributed by atoms with Crippen molar-refractivity contribution in [1.29, 1.82) is 0 Å². The van der Waals surface area contributed by atoms with E-state index < -0.39 is 11.7 Å². The van der Waals surface area contributed by atoms with Gasteiger partial charge in [-0.1, -0.05) is 12.1 Å². The number of hydrogen-bond acceptors (Lipinski definition) is 8. The molecule has 2 aliphatic rings. The molecule has 1 saturated heterocycles. The van der Waals surface area contributed by atoms with Gasteiger partial charge in [-0.25, -0.2) is 9.37 Å². The number of aliphatic hydroxyl groups is 1. The molecule has 0 spiro atoms. The Morgan fingerprint density at radius 3 is 2.56 bits per heavy atom. The highest BCUT2D eigenvalue weighted by Crippen LogP contribution is 2.37. The second kappa shape index (κ2) is 13.5. The van der Waals surface area contributed by atoms with Gasteiger partial charge in [-0.15, -0.1) is 0 Å². The number of aliphatic hydroxyl groups excluding tert-OH is 1. The van der Waals surface area contributed by atoms with Crippen LogP contribution < -0.4 is 15.0 Å². The van der Waals surface area contributed by atoms with E-state index in [1.165, 1.54) is 19.4 Å². The first-order valence-corrected chi connectivity index (χ1v) is 15.7. The summed E-state index contributed by atoms with van der Waals surface area (Å²) in [6, 6.07) is 14.7. The molecule has 3 heterocycles. The summed E-state index contributed by atoms with van der Waals surface area (Å²) in [5.41, 5.74) is 3.18. The molecule has 238 valence electrons. The fourth-order valence-electron chi connectivity index (χ4n) is 6.44. The number of hydrogen-bond donors (Lipinski definition) is 2. The summed E-state index contributed by atoms with van der Waals surface area (Å²) in [6.45, 7) is 5.97. The number of aromatic nitrogens is 3. The summed E-state index contributed by atoms with van der Waals surface area (Å²) in [5, 5.41) is 13.2. The van der Waals surface area contributed by atoms with Crippen LogP contribution in [-0.2, 0) is 0 Å². The van der Waals surface area contributed by atoms with E-state index >= 15 is 4.39 Å². The van der Waals surface area contributed by atoms with Gasteiger partial charge in [0.25, 0.3) is 5.91 Å². The van der Waals surface area contributed by atoms with Gasteiger partial charge in [0.1, 0.15) is 11.4 Å². The van der Waals surface area contributed by atoms with E-state index in [0.717, 1.165) is 68.8 Å². The second-order valence-corrected chi connectivity index (χ2v) is 12.2. The number of fused-ring (bicyclic) bond motifs is 1. The number of benzene rings is 2. The standard InChI is InChI=1S/C34H42FN7O3/c1-39(2)16-17-40-18-20-41(21-19-40)24-10-13-28-29(22-24)42(23-8-11-25(43)12-9-23)34(37-28)38-33(44)27-14-15-36-32(31(27)35)26-6-4-5-7-30(26)45-3/h4-7,10,13-15,22-23,25,43H,8-9,11-12,16-21H2,1-3H3,(H,37,38,44). The predicted octanol–water partition coefficient (Wildman–Crippen LogP) is 4.66. The number of ether oxygens (including phenoxy) is 1. The monoisotopic (exact) mass is 615 g/mol. The van der Waals surface area contributed by atoms with Gasteiger partial charge in [0.2, 0.25) is 5.95 Å². The largest absolute Gasteiger partial charge is 0.496 e. The van der Waals surface area contributed by atoms with Crippen LogP contribution in [0.1, 0.15) is 42.1 Å². The lowest BCUT2D eigenvalue weighted by atomic mass is 9.93. The number of rotatable bonds is 9. The molecule has 0 bridgehead atoms. The molecule has 0 radical (unpaired) electrons. The Labute approximate surface area is 263 Å². The van der Waals surface area contributed by atoms with Gasteiger partial charge in [0.15, 0.2) is 5.82 Å². The number of nitrogens with one attached hydrogen (secondary N) is 1. The van der Waals surface area contributed by atoms with E-state index in [9.17, 15) is 9.90 Å². The number of imidazole rings is 1. The second-order valence-electron chi connectivity index (χ2n) is 12.2. The Morgan fingerprint density at radius 1 is 1.07 bits per heavy atom. The molecule has 0 atom stereocenters. The average molecular weight is 616 g/mol. The maximum absolute atomic E-state index is 15.9. The molecule has 1 aliphatic heterocycles. The predicted molar refractivity (Wildman–Crippen MR) is 175 cm³/mol. The van der Waals surface area contributed by atoms with Crippen LogP contribution in [0.4, 0.5) is 16.0 Å². The normalized spacial score (nSPS) is 19.3. The molecule has 6 rings (SSSR count). The van der Waals surface area contributed by atoms with Gasteiger partial charge in [0, 0.05) is 62.8 Å². The first-order chi connectivity index (χ1) is 21.8. The third-order valence-corrected chi connectivity index (χ3v) is 9.03. The highest BCUT2D eigenvalue weighted by Gasteiger charge is 2.28. The van der Waals surface area contributed by atoms with E-state index in [-0.39, 0.29) is 23.4 Å². The minimum Gasteiger partial charge on any atom is -0.496 e. The maximum atomic E-state index is 15.9. The van der Waals surface area contributed by atoms with Crippen molar-refractivity contribution in [2.75, 3.05) is 70.7 Å². The highest BCUT2D eigenvalue weighted by atomic mass is 19.1. The summed E-state index contributed by atoms with van der Waals surface area (Å²) in [5.74, 6) is -0.493. The van der Waals surface area contributed by atoms with Crippen molar-refractivity contribution in [3.8, 4) is 17.0 Å². The summed E-state index contributed by atoms with van der Waals surface area (Å²) in [6.07, 6.45) is 3.96. The number of methoxy groups -OCH3 is 1. The van der Waals surface area contributed by atoms with E-state index in [4.69, 9.17) is 9.72 Å². The van der Waals surface area contributed by atoms with Gasteiger partial charge < -0.3 is 24.2 Å². The number of halogens is 1. The maximum Gasteiger partial charge on any atom is 0.261 e. The molecule has 0 unspecified atom stereocenters. The Morgan fingerprint density at radius 2 is 1.82 bits per heavy atom. The number of para-hydroxylation sites is 1. The van der Waals surface area contributed by atoms with Crippen LogP contribution in [0.3, 0.4) is 0 Å². The van der Waals surface area contributed by atoms with E-state index in [2.05, 4.69) is 55.8 Å². The topological polar surface area (TPSA) is 99.0 Å². The van der Waals surface area contributed by atoms with Crippen molar-refractivity contribution in [2.45, 2.75) is 37.8 Å². The molecule has 2 fully saturated rings. The number of carbonyl (C=O) groups excluding carboxylic acids is 1. The van der Waals surface area contributed by atoms with Crippen molar-refractivity contribution in [3.63, 3.8) is 0 Å². The Hall–Kier alpha value is -4.06.